The summed E-state index contributed by atoms with van der Waals surface area (Å²) in [7, 11) is 2.72. The molecule has 3 nitrogen and oxygen atoms in total. The van der Waals surface area contributed by atoms with Crippen molar-refractivity contribution < 1.29 is 23.0 Å². The number of ether oxygens (including phenoxy) is 2. The minimum absolute atomic E-state index is 0.162. The fourth-order valence-electron chi connectivity index (χ4n) is 1.82. The summed E-state index contributed by atoms with van der Waals surface area (Å²) in [6.45, 7) is 0. The second kappa shape index (κ2) is 5.69. The Balaban J connectivity index is 2.53. The zero-order valence-corrected chi connectivity index (χ0v) is 10.9. The molecule has 0 aromatic heterocycles. The zero-order chi connectivity index (χ0) is 14.7. The number of carbonyl (C=O) groups excluding carboxylic acids is 1. The Hall–Kier alpha value is -2.43. The third kappa shape index (κ3) is 2.47. The van der Waals surface area contributed by atoms with Gasteiger partial charge in [0.15, 0.2) is 17.3 Å². The van der Waals surface area contributed by atoms with Gasteiger partial charge in [-0.25, -0.2) is 8.78 Å². The Morgan fingerprint density at radius 2 is 1.50 bits per heavy atom. The van der Waals surface area contributed by atoms with Crippen molar-refractivity contribution in [1.29, 1.82) is 0 Å². The highest BCUT2D eigenvalue weighted by Crippen LogP contribution is 2.31. The van der Waals surface area contributed by atoms with Crippen LogP contribution in [0, 0.1) is 11.6 Å². The lowest BCUT2D eigenvalue weighted by Crippen LogP contribution is -2.07. The van der Waals surface area contributed by atoms with Crippen molar-refractivity contribution in [2.24, 2.45) is 0 Å². The summed E-state index contributed by atoms with van der Waals surface area (Å²) in [5.41, 5.74) is -0.466. The highest BCUT2D eigenvalue weighted by Gasteiger charge is 2.20. The molecule has 104 valence electrons. The van der Waals surface area contributed by atoms with Crippen LogP contribution in [0.15, 0.2) is 36.4 Å². The van der Waals surface area contributed by atoms with Gasteiger partial charge >= 0.3 is 0 Å². The lowest BCUT2D eigenvalue weighted by atomic mass is 10.0. The molecule has 0 fully saturated rings. The Morgan fingerprint density at radius 1 is 0.900 bits per heavy atom. The standard InChI is InChI=1S/C15H12F2O3/c1-19-13-7-10(12(17)8-14(13)20-2)15(18)9-5-3-4-6-11(9)16/h3-8H,1-2H3. The van der Waals surface area contributed by atoms with Gasteiger partial charge in [0.25, 0.3) is 0 Å². The first-order chi connectivity index (χ1) is 9.58. The number of hydrogen-bond acceptors (Lipinski definition) is 3. The maximum atomic E-state index is 13.9. The van der Waals surface area contributed by atoms with E-state index in [9.17, 15) is 13.6 Å². The minimum atomic E-state index is -0.795. The van der Waals surface area contributed by atoms with Crippen LogP contribution in [0.5, 0.6) is 11.5 Å². The first kappa shape index (κ1) is 14.0. The third-order valence-electron chi connectivity index (χ3n) is 2.84. The quantitative estimate of drug-likeness (QED) is 0.806. The van der Waals surface area contributed by atoms with Gasteiger partial charge in [-0.2, -0.15) is 0 Å². The van der Waals surface area contributed by atoms with Crippen molar-refractivity contribution in [1.82, 2.24) is 0 Å². The molecule has 0 saturated heterocycles. The SMILES string of the molecule is COc1cc(F)c(C(=O)c2ccccc2F)cc1OC. The zero-order valence-electron chi connectivity index (χ0n) is 10.9. The molecule has 0 radical (unpaired) electrons. The molecule has 0 aliphatic carbocycles. The van der Waals surface area contributed by atoms with Gasteiger partial charge in [0.1, 0.15) is 11.6 Å². The van der Waals surface area contributed by atoms with Crippen molar-refractivity contribution in [3.63, 3.8) is 0 Å². The predicted octanol–water partition coefficient (Wildman–Crippen LogP) is 3.21. The summed E-state index contributed by atoms with van der Waals surface area (Å²) < 4.78 is 37.5. The molecule has 0 N–H and O–H groups in total. The lowest BCUT2D eigenvalue weighted by Gasteiger charge is -2.10. The second-order valence-corrected chi connectivity index (χ2v) is 4.00. The van der Waals surface area contributed by atoms with Crippen LogP contribution in [0.4, 0.5) is 8.78 Å². The highest BCUT2D eigenvalue weighted by molar-refractivity contribution is 6.09. The number of hydrogen-bond donors (Lipinski definition) is 0. The monoisotopic (exact) mass is 278 g/mol. The topological polar surface area (TPSA) is 35.5 Å². The molecule has 20 heavy (non-hydrogen) atoms. The molecule has 5 heteroatoms. The van der Waals surface area contributed by atoms with Gasteiger partial charge in [-0.1, -0.05) is 12.1 Å². The first-order valence-electron chi connectivity index (χ1n) is 5.79. The minimum Gasteiger partial charge on any atom is -0.493 e. The van der Waals surface area contributed by atoms with E-state index in [1.54, 1.807) is 0 Å². The van der Waals surface area contributed by atoms with Crippen molar-refractivity contribution in [2.45, 2.75) is 0 Å². The molecule has 0 unspecified atom stereocenters. The molecule has 0 atom stereocenters. The summed E-state index contributed by atoms with van der Waals surface area (Å²) in [4.78, 5) is 12.2. The maximum absolute atomic E-state index is 13.9. The second-order valence-electron chi connectivity index (χ2n) is 4.00. The molecular weight excluding hydrogens is 266 g/mol. The molecule has 0 amide bonds. The molecule has 0 heterocycles. The van der Waals surface area contributed by atoms with Gasteiger partial charge in [-0.15, -0.1) is 0 Å². The predicted molar refractivity (Wildman–Crippen MR) is 69.3 cm³/mol. The van der Waals surface area contributed by atoms with Gasteiger partial charge in [0, 0.05) is 6.07 Å². The summed E-state index contributed by atoms with van der Waals surface area (Å²) in [5, 5.41) is 0. The average molecular weight is 278 g/mol. The number of carbonyl (C=O) groups is 1. The molecule has 0 spiro atoms. The van der Waals surface area contributed by atoms with E-state index in [1.165, 1.54) is 38.5 Å². The van der Waals surface area contributed by atoms with E-state index in [0.29, 0.717) is 0 Å². The smallest absolute Gasteiger partial charge is 0.199 e. The Labute approximate surface area is 114 Å². The largest absolute Gasteiger partial charge is 0.493 e. The van der Waals surface area contributed by atoms with E-state index in [4.69, 9.17) is 9.47 Å². The van der Waals surface area contributed by atoms with E-state index >= 15 is 0 Å². The van der Waals surface area contributed by atoms with Crippen LogP contribution in [0.1, 0.15) is 15.9 Å². The Kier molecular flexibility index (Phi) is 3.98. The fraction of sp³-hybridized carbons (Fsp3) is 0.133. The highest BCUT2D eigenvalue weighted by atomic mass is 19.1. The third-order valence-corrected chi connectivity index (χ3v) is 2.84. The lowest BCUT2D eigenvalue weighted by molar-refractivity contribution is 0.103. The number of halogens is 2. The van der Waals surface area contributed by atoms with Crippen molar-refractivity contribution >= 4 is 5.78 Å². The molecular formula is C15H12F2O3. The molecule has 0 saturated carbocycles. The summed E-state index contributed by atoms with van der Waals surface area (Å²) in [6.07, 6.45) is 0. The molecule has 2 aromatic carbocycles. The average Bonchev–Trinajstić information content (AvgIpc) is 2.46. The summed E-state index contributed by atoms with van der Waals surface area (Å²) in [6, 6.07) is 7.64. The van der Waals surface area contributed by atoms with Gasteiger partial charge < -0.3 is 9.47 Å². The Bertz CT molecular complexity index is 654. The molecule has 2 rings (SSSR count). The molecule has 0 aliphatic rings. The van der Waals surface area contributed by atoms with Crippen LogP contribution in [-0.2, 0) is 0 Å². The van der Waals surface area contributed by atoms with Gasteiger partial charge in [0.05, 0.1) is 25.3 Å². The van der Waals surface area contributed by atoms with Crippen molar-refractivity contribution in [3.8, 4) is 11.5 Å². The van der Waals surface area contributed by atoms with E-state index in [1.807, 2.05) is 0 Å². The van der Waals surface area contributed by atoms with Gasteiger partial charge in [-0.05, 0) is 18.2 Å². The molecule has 0 aliphatic heterocycles. The van der Waals surface area contributed by atoms with E-state index < -0.39 is 17.4 Å². The van der Waals surface area contributed by atoms with Crippen LogP contribution in [0.3, 0.4) is 0 Å². The van der Waals surface area contributed by atoms with Crippen LogP contribution in [-0.4, -0.2) is 20.0 Å². The Morgan fingerprint density at radius 3 is 2.10 bits per heavy atom. The number of methoxy groups -OCH3 is 2. The van der Waals surface area contributed by atoms with Gasteiger partial charge in [-0.3, -0.25) is 4.79 Å². The van der Waals surface area contributed by atoms with Crippen LogP contribution < -0.4 is 9.47 Å². The van der Waals surface area contributed by atoms with Crippen LogP contribution >= 0.6 is 0 Å². The summed E-state index contributed by atoms with van der Waals surface area (Å²) >= 11 is 0. The van der Waals surface area contributed by atoms with Crippen LogP contribution in [0.25, 0.3) is 0 Å². The fourth-order valence-corrected chi connectivity index (χ4v) is 1.82. The normalized spacial score (nSPS) is 10.2. The number of rotatable bonds is 4. The number of ketones is 1. The van der Waals surface area contributed by atoms with Gasteiger partial charge in [0.2, 0.25) is 0 Å². The van der Waals surface area contributed by atoms with Crippen LogP contribution in [0.2, 0.25) is 0 Å². The summed E-state index contributed by atoms with van der Waals surface area (Å²) in [5.74, 6) is -1.88. The first-order valence-corrected chi connectivity index (χ1v) is 5.79. The maximum Gasteiger partial charge on any atom is 0.199 e. The molecule has 2 aromatic rings. The van der Waals surface area contributed by atoms with Crippen molar-refractivity contribution in [2.75, 3.05) is 14.2 Å². The van der Waals surface area contributed by atoms with E-state index in [0.717, 1.165) is 12.1 Å². The molecule has 0 bridgehead atoms. The van der Waals surface area contributed by atoms with E-state index in [2.05, 4.69) is 0 Å². The van der Waals surface area contributed by atoms with Crippen molar-refractivity contribution in [3.05, 3.63) is 59.2 Å². The number of benzene rings is 2. The van der Waals surface area contributed by atoms with E-state index in [-0.39, 0.29) is 22.6 Å².